The highest BCUT2D eigenvalue weighted by atomic mass is 16.5. The van der Waals surface area contributed by atoms with E-state index in [0.29, 0.717) is 17.2 Å². The molecule has 0 fully saturated rings. The van der Waals surface area contributed by atoms with Gasteiger partial charge in [-0.2, -0.15) is 0 Å². The third-order valence-electron chi connectivity index (χ3n) is 2.31. The lowest BCUT2D eigenvalue weighted by Crippen LogP contribution is -2.24. The topological polar surface area (TPSA) is 89.1 Å². The second kappa shape index (κ2) is 4.20. The molecule has 0 aliphatic heterocycles. The molecule has 0 aliphatic rings. The molecule has 0 unspecified atom stereocenters. The van der Waals surface area contributed by atoms with Crippen molar-refractivity contribution in [3.63, 3.8) is 0 Å². The number of aromatic nitrogens is 3. The van der Waals surface area contributed by atoms with Crippen molar-refractivity contribution in [1.29, 1.82) is 0 Å². The van der Waals surface area contributed by atoms with Gasteiger partial charge < -0.3 is 9.47 Å². The van der Waals surface area contributed by atoms with Gasteiger partial charge in [-0.05, 0) is 12.1 Å². The second-order valence-corrected chi connectivity index (χ2v) is 3.24. The smallest absolute Gasteiger partial charge is 0.348 e. The van der Waals surface area contributed by atoms with E-state index in [-0.39, 0.29) is 0 Å². The van der Waals surface area contributed by atoms with Crippen LogP contribution >= 0.6 is 0 Å². The molecule has 0 saturated heterocycles. The molecule has 0 saturated carbocycles. The number of aromatic amines is 2. The van der Waals surface area contributed by atoms with E-state index in [9.17, 15) is 9.59 Å². The molecular formula is C10H11N3O4. The van der Waals surface area contributed by atoms with E-state index < -0.39 is 11.4 Å². The summed E-state index contributed by atoms with van der Waals surface area (Å²) in [6.45, 7) is 0. The maximum absolute atomic E-state index is 11.4. The van der Waals surface area contributed by atoms with E-state index in [1.807, 2.05) is 0 Å². The molecule has 1 aromatic heterocycles. The summed E-state index contributed by atoms with van der Waals surface area (Å²) >= 11 is 0. The molecule has 2 N–H and O–H groups in total. The zero-order chi connectivity index (χ0) is 12.4. The number of hydrogen-bond donors (Lipinski definition) is 2. The molecule has 7 nitrogen and oxygen atoms in total. The number of H-pyrrole nitrogens is 2. The fourth-order valence-electron chi connectivity index (χ4n) is 1.51. The van der Waals surface area contributed by atoms with Gasteiger partial charge in [0.25, 0.3) is 0 Å². The quantitative estimate of drug-likeness (QED) is 0.778. The first-order valence-corrected chi connectivity index (χ1v) is 4.79. The monoisotopic (exact) mass is 237 g/mol. The molecule has 0 aliphatic carbocycles. The van der Waals surface area contributed by atoms with Crippen LogP contribution in [0.15, 0.2) is 27.8 Å². The summed E-state index contributed by atoms with van der Waals surface area (Å²) in [5, 5.41) is 4.40. The summed E-state index contributed by atoms with van der Waals surface area (Å²) in [6, 6.07) is 4.75. The van der Waals surface area contributed by atoms with Crippen molar-refractivity contribution in [3.8, 4) is 17.2 Å². The number of rotatable bonds is 3. The van der Waals surface area contributed by atoms with Gasteiger partial charge >= 0.3 is 11.4 Å². The van der Waals surface area contributed by atoms with Crippen LogP contribution in [0.1, 0.15) is 0 Å². The number of ether oxygens (including phenoxy) is 2. The first kappa shape index (κ1) is 11.1. The van der Waals surface area contributed by atoms with Gasteiger partial charge in [-0.3, -0.25) is 0 Å². The van der Waals surface area contributed by atoms with Crippen molar-refractivity contribution in [3.05, 3.63) is 39.2 Å². The van der Waals surface area contributed by atoms with Crippen LogP contribution in [0.5, 0.6) is 11.5 Å². The van der Waals surface area contributed by atoms with E-state index in [2.05, 4.69) is 10.2 Å². The Bertz CT molecular complexity index is 610. The summed E-state index contributed by atoms with van der Waals surface area (Å²) in [5.41, 5.74) is -0.681. The van der Waals surface area contributed by atoms with Gasteiger partial charge in [0, 0.05) is 6.07 Å². The van der Waals surface area contributed by atoms with Crippen molar-refractivity contribution < 1.29 is 9.47 Å². The first-order chi connectivity index (χ1) is 8.17. The minimum Gasteiger partial charge on any atom is -0.493 e. The van der Waals surface area contributed by atoms with Gasteiger partial charge in [0.2, 0.25) is 0 Å². The maximum atomic E-state index is 11.4. The minimum atomic E-state index is -0.540. The summed E-state index contributed by atoms with van der Waals surface area (Å²) in [4.78, 5) is 22.8. The van der Waals surface area contributed by atoms with Crippen molar-refractivity contribution in [2.45, 2.75) is 0 Å². The molecule has 90 valence electrons. The minimum absolute atomic E-state index is 0.398. The number of hydrogen-bond acceptors (Lipinski definition) is 4. The standard InChI is InChI=1S/C10H11N3O4/c1-16-7-4-3-6(5-8(7)17-2)13-9(14)11-12-10(13)15/h3-5H,1-2H3,(H,11,14)(H,12,15). The molecule has 0 radical (unpaired) electrons. The summed E-state index contributed by atoms with van der Waals surface area (Å²) < 4.78 is 11.1. The van der Waals surface area contributed by atoms with Crippen molar-refractivity contribution in [1.82, 2.24) is 14.8 Å². The normalized spacial score (nSPS) is 10.2. The fourth-order valence-corrected chi connectivity index (χ4v) is 1.51. The second-order valence-electron chi connectivity index (χ2n) is 3.24. The number of nitrogens with one attached hydrogen (secondary N) is 2. The van der Waals surface area contributed by atoms with Crippen LogP contribution in [0.2, 0.25) is 0 Å². The van der Waals surface area contributed by atoms with E-state index >= 15 is 0 Å². The van der Waals surface area contributed by atoms with E-state index in [0.717, 1.165) is 4.57 Å². The van der Waals surface area contributed by atoms with Gasteiger partial charge in [-0.25, -0.2) is 24.4 Å². The Morgan fingerprint density at radius 3 is 2.12 bits per heavy atom. The van der Waals surface area contributed by atoms with Crippen molar-refractivity contribution >= 4 is 0 Å². The van der Waals surface area contributed by atoms with Crippen LogP contribution in [0.25, 0.3) is 5.69 Å². The highest BCUT2D eigenvalue weighted by molar-refractivity contribution is 5.48. The zero-order valence-corrected chi connectivity index (χ0v) is 9.31. The summed E-state index contributed by atoms with van der Waals surface area (Å²) in [6.07, 6.45) is 0. The van der Waals surface area contributed by atoms with Gasteiger partial charge in [0.05, 0.1) is 19.9 Å². The Hall–Kier alpha value is -2.44. The molecular weight excluding hydrogens is 226 g/mol. The average Bonchev–Trinajstić information content (AvgIpc) is 2.68. The maximum Gasteiger partial charge on any atom is 0.348 e. The van der Waals surface area contributed by atoms with Gasteiger partial charge in [-0.1, -0.05) is 0 Å². The Kier molecular flexibility index (Phi) is 2.73. The molecule has 1 heterocycles. The fraction of sp³-hybridized carbons (Fsp3) is 0.200. The first-order valence-electron chi connectivity index (χ1n) is 4.79. The Morgan fingerprint density at radius 2 is 1.59 bits per heavy atom. The average molecular weight is 237 g/mol. The van der Waals surface area contributed by atoms with Crippen LogP contribution in [-0.2, 0) is 0 Å². The molecule has 17 heavy (non-hydrogen) atoms. The molecule has 0 amide bonds. The molecule has 1 aromatic carbocycles. The molecule has 2 rings (SSSR count). The van der Waals surface area contributed by atoms with Crippen LogP contribution < -0.4 is 20.9 Å². The van der Waals surface area contributed by atoms with Crippen LogP contribution in [0, 0.1) is 0 Å². The lowest BCUT2D eigenvalue weighted by Gasteiger charge is -2.08. The lowest BCUT2D eigenvalue weighted by atomic mass is 10.2. The third-order valence-corrected chi connectivity index (χ3v) is 2.31. The molecule has 2 aromatic rings. The molecule has 0 bridgehead atoms. The molecule has 0 spiro atoms. The van der Waals surface area contributed by atoms with E-state index in [1.54, 1.807) is 18.2 Å². The number of methoxy groups -OCH3 is 2. The summed E-state index contributed by atoms with van der Waals surface area (Å²) in [5.74, 6) is 0.966. The predicted octanol–water partition coefficient (Wildman–Crippen LogP) is -0.129. The lowest BCUT2D eigenvalue weighted by molar-refractivity contribution is 0.355. The highest BCUT2D eigenvalue weighted by Gasteiger charge is 2.10. The van der Waals surface area contributed by atoms with Crippen LogP contribution in [0.4, 0.5) is 0 Å². The molecule has 0 atom stereocenters. The van der Waals surface area contributed by atoms with Gasteiger partial charge in [0.15, 0.2) is 11.5 Å². The predicted molar refractivity (Wildman–Crippen MR) is 60.1 cm³/mol. The van der Waals surface area contributed by atoms with Crippen LogP contribution in [0.3, 0.4) is 0 Å². The SMILES string of the molecule is COc1ccc(-n2c(=O)[nH][nH]c2=O)cc1OC. The third kappa shape index (κ3) is 1.82. The number of nitrogens with zero attached hydrogens (tertiary/aromatic N) is 1. The van der Waals surface area contributed by atoms with Gasteiger partial charge in [-0.15, -0.1) is 0 Å². The zero-order valence-electron chi connectivity index (χ0n) is 9.31. The Labute approximate surface area is 95.6 Å². The number of benzene rings is 1. The van der Waals surface area contributed by atoms with E-state index in [4.69, 9.17) is 9.47 Å². The van der Waals surface area contributed by atoms with E-state index in [1.165, 1.54) is 14.2 Å². The Balaban J connectivity index is 2.62. The van der Waals surface area contributed by atoms with Crippen molar-refractivity contribution in [2.75, 3.05) is 14.2 Å². The Morgan fingerprint density at radius 1 is 1.00 bits per heavy atom. The summed E-state index contributed by atoms with van der Waals surface area (Å²) in [7, 11) is 2.98. The highest BCUT2D eigenvalue weighted by Crippen LogP contribution is 2.28. The van der Waals surface area contributed by atoms with Gasteiger partial charge in [0.1, 0.15) is 0 Å². The largest absolute Gasteiger partial charge is 0.493 e. The van der Waals surface area contributed by atoms with Crippen molar-refractivity contribution in [2.24, 2.45) is 0 Å². The molecule has 7 heteroatoms. The van der Waals surface area contributed by atoms with Crippen LogP contribution in [-0.4, -0.2) is 29.0 Å².